The topological polar surface area (TPSA) is 90.9 Å². The summed E-state index contributed by atoms with van der Waals surface area (Å²) in [6.07, 6.45) is 0.100. The fraction of sp³-hybridized carbons (Fsp3) is 0.182. The first kappa shape index (κ1) is 12.2. The van der Waals surface area contributed by atoms with E-state index in [4.69, 9.17) is 5.11 Å². The van der Waals surface area contributed by atoms with Gasteiger partial charge < -0.3 is 5.11 Å². The number of halogens is 1. The zero-order valence-electron chi connectivity index (χ0n) is 9.35. The number of benzene rings is 1. The maximum atomic E-state index is 12.7. The van der Waals surface area contributed by atoms with E-state index in [1.54, 1.807) is 0 Å². The van der Waals surface area contributed by atoms with Gasteiger partial charge in [0.15, 0.2) is 5.82 Å². The number of amides is 1. The molecule has 0 fully saturated rings. The summed E-state index contributed by atoms with van der Waals surface area (Å²) in [4.78, 5) is 15.4. The van der Waals surface area contributed by atoms with Crippen LogP contribution >= 0.6 is 0 Å². The summed E-state index contributed by atoms with van der Waals surface area (Å²) in [7, 11) is 0. The van der Waals surface area contributed by atoms with Gasteiger partial charge in [-0.3, -0.25) is 15.2 Å². The minimum atomic E-state index is -0.347. The molecule has 94 valence electrons. The lowest BCUT2D eigenvalue weighted by Crippen LogP contribution is -2.15. The standard InChI is InChI=1S/C11H11FN4O2/c12-8-3-1-7(2-4-8)5-10(18)14-11-13-9(6-17)15-16-11/h1-4,17H,5-6H2,(H2,13,14,15,16,18). The zero-order valence-corrected chi connectivity index (χ0v) is 9.35. The van der Waals surface area contributed by atoms with Crippen molar-refractivity contribution in [2.24, 2.45) is 0 Å². The van der Waals surface area contributed by atoms with Gasteiger partial charge in [-0.15, -0.1) is 5.10 Å². The summed E-state index contributed by atoms with van der Waals surface area (Å²) in [6, 6.07) is 5.65. The van der Waals surface area contributed by atoms with E-state index in [2.05, 4.69) is 20.5 Å². The van der Waals surface area contributed by atoms with Gasteiger partial charge in [-0.2, -0.15) is 4.98 Å². The average molecular weight is 250 g/mol. The molecule has 0 saturated carbocycles. The van der Waals surface area contributed by atoms with E-state index in [1.807, 2.05) is 0 Å². The predicted octanol–water partition coefficient (Wildman–Crippen LogP) is 0.617. The molecule has 0 unspecified atom stereocenters. The summed E-state index contributed by atoms with van der Waals surface area (Å²) in [5.74, 6) is -0.288. The molecule has 0 radical (unpaired) electrons. The number of aromatic amines is 1. The minimum Gasteiger partial charge on any atom is -0.388 e. The molecule has 1 amide bonds. The Morgan fingerprint density at radius 3 is 2.72 bits per heavy atom. The van der Waals surface area contributed by atoms with E-state index in [-0.39, 0.29) is 36.5 Å². The van der Waals surface area contributed by atoms with E-state index < -0.39 is 0 Å². The summed E-state index contributed by atoms with van der Waals surface area (Å²) < 4.78 is 12.7. The number of hydrogen-bond acceptors (Lipinski definition) is 4. The van der Waals surface area contributed by atoms with Crippen LogP contribution in [0.15, 0.2) is 24.3 Å². The Labute approximate surface area is 102 Å². The van der Waals surface area contributed by atoms with Crippen molar-refractivity contribution < 1.29 is 14.3 Å². The average Bonchev–Trinajstić information content (AvgIpc) is 2.79. The molecule has 18 heavy (non-hydrogen) atoms. The molecular formula is C11H11FN4O2. The maximum Gasteiger partial charge on any atom is 0.248 e. The fourth-order valence-corrected chi connectivity index (χ4v) is 1.38. The molecule has 2 aromatic rings. The van der Waals surface area contributed by atoms with Gasteiger partial charge in [0.2, 0.25) is 11.9 Å². The molecular weight excluding hydrogens is 239 g/mol. The van der Waals surface area contributed by atoms with Crippen molar-refractivity contribution in [3.63, 3.8) is 0 Å². The number of rotatable bonds is 4. The molecule has 1 aromatic heterocycles. The first-order valence-corrected chi connectivity index (χ1v) is 5.24. The van der Waals surface area contributed by atoms with Gasteiger partial charge in [-0.05, 0) is 17.7 Å². The number of hydrogen-bond donors (Lipinski definition) is 3. The summed E-state index contributed by atoms with van der Waals surface area (Å²) >= 11 is 0. The first-order valence-electron chi connectivity index (χ1n) is 5.24. The van der Waals surface area contributed by atoms with E-state index in [9.17, 15) is 9.18 Å². The molecule has 3 N–H and O–H groups in total. The Morgan fingerprint density at radius 2 is 2.11 bits per heavy atom. The van der Waals surface area contributed by atoms with Crippen molar-refractivity contribution in [1.82, 2.24) is 15.2 Å². The van der Waals surface area contributed by atoms with Crippen LogP contribution in [0.3, 0.4) is 0 Å². The molecule has 0 atom stereocenters. The van der Waals surface area contributed by atoms with Crippen molar-refractivity contribution in [2.45, 2.75) is 13.0 Å². The van der Waals surface area contributed by atoms with Gasteiger partial charge >= 0.3 is 0 Å². The van der Waals surface area contributed by atoms with E-state index in [0.717, 1.165) is 0 Å². The molecule has 7 heteroatoms. The van der Waals surface area contributed by atoms with Crippen LogP contribution < -0.4 is 5.32 Å². The van der Waals surface area contributed by atoms with Crippen LogP contribution in [0.4, 0.5) is 10.3 Å². The van der Waals surface area contributed by atoms with E-state index >= 15 is 0 Å². The second-order valence-electron chi connectivity index (χ2n) is 3.62. The normalized spacial score (nSPS) is 10.3. The van der Waals surface area contributed by atoms with Crippen molar-refractivity contribution in [1.29, 1.82) is 0 Å². The van der Waals surface area contributed by atoms with Gasteiger partial charge in [-0.25, -0.2) is 4.39 Å². The molecule has 1 aromatic carbocycles. The van der Waals surface area contributed by atoms with Crippen molar-refractivity contribution in [3.05, 3.63) is 41.5 Å². The van der Waals surface area contributed by atoms with Gasteiger partial charge in [0.1, 0.15) is 12.4 Å². The third kappa shape index (κ3) is 3.11. The Kier molecular flexibility index (Phi) is 3.63. The summed E-state index contributed by atoms with van der Waals surface area (Å²) in [6.45, 7) is -0.277. The summed E-state index contributed by atoms with van der Waals surface area (Å²) in [5.41, 5.74) is 0.687. The van der Waals surface area contributed by atoms with Crippen LogP contribution in [0.25, 0.3) is 0 Å². The smallest absolute Gasteiger partial charge is 0.248 e. The highest BCUT2D eigenvalue weighted by Gasteiger charge is 2.08. The van der Waals surface area contributed by atoms with Gasteiger partial charge in [-0.1, -0.05) is 12.1 Å². The van der Waals surface area contributed by atoms with Crippen LogP contribution in [-0.2, 0) is 17.8 Å². The lowest BCUT2D eigenvalue weighted by molar-refractivity contribution is -0.115. The Bertz CT molecular complexity index is 538. The lowest BCUT2D eigenvalue weighted by atomic mass is 10.1. The third-order valence-electron chi connectivity index (χ3n) is 2.21. The number of anilines is 1. The van der Waals surface area contributed by atoms with E-state index in [0.29, 0.717) is 5.56 Å². The zero-order chi connectivity index (χ0) is 13.0. The largest absolute Gasteiger partial charge is 0.388 e. The number of carbonyl (C=O) groups excluding carboxylic acids is 1. The van der Waals surface area contributed by atoms with Crippen molar-refractivity contribution >= 4 is 11.9 Å². The minimum absolute atomic E-state index is 0.100. The molecule has 0 aliphatic carbocycles. The quantitative estimate of drug-likeness (QED) is 0.741. The molecule has 2 rings (SSSR count). The fourth-order valence-electron chi connectivity index (χ4n) is 1.38. The van der Waals surface area contributed by atoms with Crippen LogP contribution in [-0.4, -0.2) is 26.2 Å². The molecule has 0 spiro atoms. The predicted molar refractivity (Wildman–Crippen MR) is 61.0 cm³/mol. The van der Waals surface area contributed by atoms with Gasteiger partial charge in [0, 0.05) is 0 Å². The highest BCUT2D eigenvalue weighted by Crippen LogP contribution is 2.05. The molecule has 6 nitrogen and oxygen atoms in total. The number of nitrogens with one attached hydrogen (secondary N) is 2. The van der Waals surface area contributed by atoms with Crippen LogP contribution in [0.1, 0.15) is 11.4 Å². The second kappa shape index (κ2) is 5.37. The molecule has 0 aliphatic rings. The lowest BCUT2D eigenvalue weighted by Gasteiger charge is -2.01. The van der Waals surface area contributed by atoms with E-state index in [1.165, 1.54) is 24.3 Å². The number of nitrogens with zero attached hydrogens (tertiary/aromatic N) is 2. The number of H-pyrrole nitrogens is 1. The van der Waals surface area contributed by atoms with Gasteiger partial charge in [0.25, 0.3) is 0 Å². The molecule has 1 heterocycles. The second-order valence-corrected chi connectivity index (χ2v) is 3.62. The number of carbonyl (C=O) groups is 1. The molecule has 0 bridgehead atoms. The maximum absolute atomic E-state index is 12.7. The highest BCUT2D eigenvalue weighted by molar-refractivity contribution is 5.90. The number of aliphatic hydroxyl groups excluding tert-OH is 1. The molecule has 0 saturated heterocycles. The van der Waals surface area contributed by atoms with Crippen LogP contribution in [0.2, 0.25) is 0 Å². The Morgan fingerprint density at radius 1 is 1.39 bits per heavy atom. The van der Waals surface area contributed by atoms with Crippen molar-refractivity contribution in [3.8, 4) is 0 Å². The SMILES string of the molecule is O=C(Cc1ccc(F)cc1)Nc1n[nH]c(CO)n1. The van der Waals surface area contributed by atoms with Crippen LogP contribution in [0, 0.1) is 5.82 Å². The molecule has 0 aliphatic heterocycles. The summed E-state index contributed by atoms with van der Waals surface area (Å²) in [5, 5.41) is 17.4. The Hall–Kier alpha value is -2.28. The van der Waals surface area contributed by atoms with Crippen LogP contribution in [0.5, 0.6) is 0 Å². The Balaban J connectivity index is 1.94. The van der Waals surface area contributed by atoms with Gasteiger partial charge in [0.05, 0.1) is 6.42 Å². The third-order valence-corrected chi connectivity index (χ3v) is 2.21. The number of aliphatic hydroxyl groups is 1. The monoisotopic (exact) mass is 250 g/mol. The van der Waals surface area contributed by atoms with Crippen molar-refractivity contribution in [2.75, 3.05) is 5.32 Å². The number of aromatic nitrogens is 3. The first-order chi connectivity index (χ1) is 8.67. The highest BCUT2D eigenvalue weighted by atomic mass is 19.1.